The second-order valence-electron chi connectivity index (χ2n) is 5.80. The van der Waals surface area contributed by atoms with Gasteiger partial charge in [-0.25, -0.2) is 4.98 Å². The predicted molar refractivity (Wildman–Crippen MR) is 104 cm³/mol. The Morgan fingerprint density at radius 2 is 1.92 bits per heavy atom. The number of pyridine rings is 1. The minimum atomic E-state index is 0.197. The summed E-state index contributed by atoms with van der Waals surface area (Å²) in [6.07, 6.45) is 6.16. The summed E-state index contributed by atoms with van der Waals surface area (Å²) in [7, 11) is 0. The molecule has 0 saturated carbocycles. The van der Waals surface area contributed by atoms with Crippen LogP contribution in [-0.2, 0) is 6.42 Å². The van der Waals surface area contributed by atoms with E-state index in [1.165, 1.54) is 5.56 Å². The van der Waals surface area contributed by atoms with Crippen molar-refractivity contribution in [2.45, 2.75) is 6.42 Å². The quantitative estimate of drug-likeness (QED) is 0.522. The Labute approximate surface area is 158 Å². The van der Waals surface area contributed by atoms with Crippen LogP contribution >= 0.6 is 15.9 Å². The molecule has 130 valence electrons. The first-order valence-corrected chi connectivity index (χ1v) is 8.97. The highest BCUT2D eigenvalue weighted by atomic mass is 79.9. The summed E-state index contributed by atoms with van der Waals surface area (Å²) >= 11 is 3.49. The molecule has 0 radical (unpaired) electrons. The van der Waals surface area contributed by atoms with E-state index in [-0.39, 0.29) is 5.75 Å². The summed E-state index contributed by atoms with van der Waals surface area (Å²) in [5, 5.41) is 18.0. The van der Waals surface area contributed by atoms with Gasteiger partial charge >= 0.3 is 0 Å². The van der Waals surface area contributed by atoms with E-state index in [1.54, 1.807) is 35.2 Å². The van der Waals surface area contributed by atoms with Crippen LogP contribution in [-0.4, -0.2) is 31.2 Å². The second kappa shape index (κ2) is 7.13. The molecule has 0 fully saturated rings. The van der Waals surface area contributed by atoms with Crippen molar-refractivity contribution in [3.8, 4) is 17.0 Å². The highest BCUT2D eigenvalue weighted by molar-refractivity contribution is 9.10. The SMILES string of the molecule is Oc1ccccc1-c1cc(NCCc2ccncc2)n2ncc(Br)c2n1. The topological polar surface area (TPSA) is 75.3 Å². The Bertz CT molecular complexity index is 1050. The van der Waals surface area contributed by atoms with E-state index in [9.17, 15) is 5.11 Å². The molecule has 0 atom stereocenters. The van der Waals surface area contributed by atoms with Crippen molar-refractivity contribution in [1.29, 1.82) is 0 Å². The van der Waals surface area contributed by atoms with Crippen LogP contribution in [0.2, 0.25) is 0 Å². The number of fused-ring (bicyclic) bond motifs is 1. The first-order valence-electron chi connectivity index (χ1n) is 8.18. The van der Waals surface area contributed by atoms with Crippen LogP contribution in [0.25, 0.3) is 16.9 Å². The van der Waals surface area contributed by atoms with Crippen molar-refractivity contribution in [3.63, 3.8) is 0 Å². The summed E-state index contributed by atoms with van der Waals surface area (Å²) in [4.78, 5) is 8.68. The monoisotopic (exact) mass is 409 g/mol. The molecule has 1 aromatic carbocycles. The van der Waals surface area contributed by atoms with Crippen molar-refractivity contribution >= 4 is 27.4 Å². The molecule has 3 heterocycles. The van der Waals surface area contributed by atoms with Gasteiger partial charge in [-0.15, -0.1) is 0 Å². The highest BCUT2D eigenvalue weighted by Crippen LogP contribution is 2.30. The fourth-order valence-electron chi connectivity index (χ4n) is 2.77. The van der Waals surface area contributed by atoms with Crippen molar-refractivity contribution in [1.82, 2.24) is 19.6 Å². The number of phenols is 1. The average molecular weight is 410 g/mol. The first-order chi connectivity index (χ1) is 12.7. The van der Waals surface area contributed by atoms with Gasteiger partial charge in [0.25, 0.3) is 0 Å². The third kappa shape index (κ3) is 3.25. The van der Waals surface area contributed by atoms with E-state index in [1.807, 2.05) is 30.3 Å². The van der Waals surface area contributed by atoms with Crippen LogP contribution < -0.4 is 5.32 Å². The zero-order chi connectivity index (χ0) is 17.9. The second-order valence-corrected chi connectivity index (χ2v) is 6.66. The lowest BCUT2D eigenvalue weighted by molar-refractivity contribution is 0.477. The number of anilines is 1. The Morgan fingerprint density at radius 3 is 2.73 bits per heavy atom. The Hall–Kier alpha value is -2.93. The van der Waals surface area contributed by atoms with Gasteiger partial charge in [-0.05, 0) is 52.2 Å². The number of hydrogen-bond donors (Lipinski definition) is 2. The largest absolute Gasteiger partial charge is 0.507 e. The minimum absolute atomic E-state index is 0.197. The number of aromatic nitrogens is 4. The Morgan fingerprint density at radius 1 is 1.12 bits per heavy atom. The lowest BCUT2D eigenvalue weighted by Gasteiger charge is -2.11. The smallest absolute Gasteiger partial charge is 0.172 e. The molecule has 0 amide bonds. The molecular formula is C19H16BrN5O. The van der Waals surface area contributed by atoms with E-state index >= 15 is 0 Å². The van der Waals surface area contributed by atoms with Crippen LogP contribution in [0.4, 0.5) is 5.82 Å². The van der Waals surface area contributed by atoms with Crippen molar-refractivity contribution in [2.24, 2.45) is 0 Å². The maximum atomic E-state index is 10.2. The number of aromatic hydroxyl groups is 1. The zero-order valence-corrected chi connectivity index (χ0v) is 15.4. The average Bonchev–Trinajstić information content (AvgIpc) is 3.04. The van der Waals surface area contributed by atoms with Gasteiger partial charge in [-0.1, -0.05) is 12.1 Å². The zero-order valence-electron chi connectivity index (χ0n) is 13.8. The van der Waals surface area contributed by atoms with Gasteiger partial charge in [0.05, 0.1) is 16.4 Å². The van der Waals surface area contributed by atoms with Crippen LogP contribution in [0.5, 0.6) is 5.75 Å². The molecule has 0 bridgehead atoms. The normalized spacial score (nSPS) is 11.0. The first kappa shape index (κ1) is 16.5. The fraction of sp³-hybridized carbons (Fsp3) is 0.105. The molecule has 0 unspecified atom stereocenters. The number of nitrogens with zero attached hydrogens (tertiary/aromatic N) is 4. The Balaban J connectivity index is 1.68. The molecule has 3 aromatic heterocycles. The molecule has 0 aliphatic heterocycles. The predicted octanol–water partition coefficient (Wildman–Crippen LogP) is 3.91. The number of nitrogens with one attached hydrogen (secondary N) is 1. The van der Waals surface area contributed by atoms with Gasteiger partial charge in [-0.2, -0.15) is 9.61 Å². The number of rotatable bonds is 5. The third-order valence-corrected chi connectivity index (χ3v) is 4.64. The van der Waals surface area contributed by atoms with Crippen LogP contribution in [0.15, 0.2) is 65.5 Å². The molecule has 6 nitrogen and oxygen atoms in total. The number of phenolic OH excluding ortho intramolecular Hbond substituents is 1. The van der Waals surface area contributed by atoms with Crippen molar-refractivity contribution in [2.75, 3.05) is 11.9 Å². The van der Waals surface area contributed by atoms with E-state index in [2.05, 4.69) is 36.3 Å². The van der Waals surface area contributed by atoms with Gasteiger partial charge in [0.1, 0.15) is 11.6 Å². The molecule has 0 aliphatic carbocycles. The molecule has 7 heteroatoms. The standard InChI is InChI=1S/C19H16BrN5O/c20-15-12-23-25-18(22-10-7-13-5-8-21-9-6-13)11-16(24-19(15)25)14-3-1-2-4-17(14)26/h1-6,8-9,11-12,22,26H,7,10H2. The molecule has 26 heavy (non-hydrogen) atoms. The van der Waals surface area contributed by atoms with E-state index < -0.39 is 0 Å². The third-order valence-electron chi connectivity index (χ3n) is 4.08. The summed E-state index contributed by atoms with van der Waals surface area (Å²) in [5.41, 5.74) is 3.26. The lowest BCUT2D eigenvalue weighted by Crippen LogP contribution is -2.10. The van der Waals surface area contributed by atoms with Crippen LogP contribution in [0, 0.1) is 0 Å². The molecule has 0 saturated heterocycles. The van der Waals surface area contributed by atoms with E-state index in [4.69, 9.17) is 0 Å². The van der Waals surface area contributed by atoms with Gasteiger partial charge in [0.15, 0.2) is 5.65 Å². The maximum Gasteiger partial charge on any atom is 0.172 e. The van der Waals surface area contributed by atoms with Crippen molar-refractivity contribution < 1.29 is 5.11 Å². The van der Waals surface area contributed by atoms with Gasteiger partial charge in [0, 0.05) is 30.6 Å². The number of hydrogen-bond acceptors (Lipinski definition) is 5. The number of para-hydroxylation sites is 1. The summed E-state index contributed by atoms with van der Waals surface area (Å²) < 4.78 is 2.55. The molecular weight excluding hydrogens is 394 g/mol. The van der Waals surface area contributed by atoms with Gasteiger partial charge in [0.2, 0.25) is 0 Å². The highest BCUT2D eigenvalue weighted by Gasteiger charge is 2.13. The lowest BCUT2D eigenvalue weighted by atomic mass is 10.1. The molecule has 4 aromatic rings. The van der Waals surface area contributed by atoms with Gasteiger partial charge in [-0.3, -0.25) is 4.98 Å². The van der Waals surface area contributed by atoms with Crippen LogP contribution in [0.1, 0.15) is 5.56 Å². The molecule has 4 rings (SSSR count). The van der Waals surface area contributed by atoms with Gasteiger partial charge < -0.3 is 10.4 Å². The molecule has 0 aliphatic rings. The minimum Gasteiger partial charge on any atom is -0.507 e. The van der Waals surface area contributed by atoms with E-state index in [0.717, 1.165) is 23.3 Å². The summed E-state index contributed by atoms with van der Waals surface area (Å²) in [5.74, 6) is 1.01. The fourth-order valence-corrected chi connectivity index (χ4v) is 3.12. The Kier molecular flexibility index (Phi) is 4.53. The number of halogens is 1. The maximum absolute atomic E-state index is 10.2. The van der Waals surface area contributed by atoms with Crippen LogP contribution in [0.3, 0.4) is 0 Å². The molecule has 0 spiro atoms. The number of benzene rings is 1. The summed E-state index contributed by atoms with van der Waals surface area (Å²) in [6.45, 7) is 0.737. The molecule has 2 N–H and O–H groups in total. The van der Waals surface area contributed by atoms with E-state index in [0.29, 0.717) is 16.9 Å². The summed E-state index contributed by atoms with van der Waals surface area (Å²) in [6, 6.07) is 13.1. The van der Waals surface area contributed by atoms with Crippen molar-refractivity contribution in [3.05, 3.63) is 71.1 Å².